The highest BCUT2D eigenvalue weighted by Gasteiger charge is 2.12. The first kappa shape index (κ1) is 17.0. The lowest BCUT2D eigenvalue weighted by Gasteiger charge is -2.13. The van der Waals surface area contributed by atoms with E-state index in [-0.39, 0.29) is 12.5 Å². The van der Waals surface area contributed by atoms with Crippen molar-refractivity contribution in [3.05, 3.63) is 23.8 Å². The molecule has 0 aliphatic heterocycles. The van der Waals surface area contributed by atoms with Gasteiger partial charge in [-0.1, -0.05) is 6.07 Å². The molecule has 0 bridgehead atoms. The van der Waals surface area contributed by atoms with E-state index in [0.29, 0.717) is 43.1 Å². The molecule has 0 spiro atoms. The van der Waals surface area contributed by atoms with Gasteiger partial charge in [0.25, 0.3) is 5.91 Å². The molecule has 0 atom stereocenters. The molecule has 1 N–H and O–H groups in total. The maximum atomic E-state index is 11.6. The minimum Gasteiger partial charge on any atom is -0.490 e. The maximum absolute atomic E-state index is 11.6. The molecule has 0 fully saturated rings. The zero-order valence-electron chi connectivity index (χ0n) is 12.4. The summed E-state index contributed by atoms with van der Waals surface area (Å²) in [5.41, 5.74) is 0.355. The van der Waals surface area contributed by atoms with Gasteiger partial charge in [-0.3, -0.25) is 9.59 Å². The van der Waals surface area contributed by atoms with E-state index < -0.39 is 0 Å². The topological polar surface area (TPSA) is 73.9 Å². The standard InChI is InChI=1S/C15H21NO5/c1-3-20-13-7-4-6-12(10-17)15(13)21-11-14(18)16-8-5-9-19-2/h4,6-7,10H,3,5,8-9,11H2,1-2H3,(H,16,18). The summed E-state index contributed by atoms with van der Waals surface area (Å²) in [6.45, 7) is 3.22. The monoisotopic (exact) mass is 295 g/mol. The van der Waals surface area contributed by atoms with Gasteiger partial charge in [-0.2, -0.15) is 0 Å². The number of amides is 1. The molecule has 1 aromatic carbocycles. The summed E-state index contributed by atoms with van der Waals surface area (Å²) in [4.78, 5) is 22.7. The molecule has 116 valence electrons. The van der Waals surface area contributed by atoms with Crippen molar-refractivity contribution in [2.24, 2.45) is 0 Å². The SMILES string of the molecule is CCOc1cccc(C=O)c1OCC(=O)NCCCOC. The fourth-order valence-corrected chi connectivity index (χ4v) is 1.68. The zero-order valence-corrected chi connectivity index (χ0v) is 12.4. The van der Waals surface area contributed by atoms with Crippen LogP contribution in [0, 0.1) is 0 Å². The fourth-order valence-electron chi connectivity index (χ4n) is 1.68. The number of aldehydes is 1. The number of methoxy groups -OCH3 is 1. The molecule has 0 aliphatic rings. The van der Waals surface area contributed by atoms with Crippen molar-refractivity contribution in [2.75, 3.05) is 33.5 Å². The Morgan fingerprint density at radius 3 is 2.81 bits per heavy atom. The van der Waals surface area contributed by atoms with Crippen LogP contribution in [0.25, 0.3) is 0 Å². The Labute approximate surface area is 124 Å². The molecule has 0 saturated carbocycles. The third-order valence-electron chi connectivity index (χ3n) is 2.63. The maximum Gasteiger partial charge on any atom is 0.257 e. The molecular formula is C15H21NO5. The Morgan fingerprint density at radius 1 is 1.33 bits per heavy atom. The second-order valence-corrected chi connectivity index (χ2v) is 4.21. The summed E-state index contributed by atoms with van der Waals surface area (Å²) in [6, 6.07) is 5.01. The van der Waals surface area contributed by atoms with Gasteiger partial charge >= 0.3 is 0 Å². The number of ether oxygens (including phenoxy) is 3. The number of hydrogen-bond donors (Lipinski definition) is 1. The van der Waals surface area contributed by atoms with E-state index in [1.807, 2.05) is 6.92 Å². The lowest BCUT2D eigenvalue weighted by atomic mass is 10.2. The molecule has 1 rings (SSSR count). The number of nitrogens with one attached hydrogen (secondary N) is 1. The Balaban J connectivity index is 2.57. The van der Waals surface area contributed by atoms with E-state index in [0.717, 1.165) is 6.42 Å². The van der Waals surface area contributed by atoms with Crippen LogP contribution in [0.15, 0.2) is 18.2 Å². The van der Waals surface area contributed by atoms with Crippen LogP contribution in [0.4, 0.5) is 0 Å². The number of benzene rings is 1. The lowest BCUT2D eigenvalue weighted by Crippen LogP contribution is -2.30. The Hall–Kier alpha value is -2.08. The highest BCUT2D eigenvalue weighted by Crippen LogP contribution is 2.30. The zero-order chi connectivity index (χ0) is 15.5. The quantitative estimate of drug-likeness (QED) is 0.522. The van der Waals surface area contributed by atoms with E-state index in [1.54, 1.807) is 25.3 Å². The molecule has 6 heteroatoms. The van der Waals surface area contributed by atoms with Crippen LogP contribution in [-0.4, -0.2) is 45.7 Å². The van der Waals surface area contributed by atoms with Crippen LogP contribution < -0.4 is 14.8 Å². The third kappa shape index (κ3) is 5.83. The first-order chi connectivity index (χ1) is 10.2. The predicted molar refractivity (Wildman–Crippen MR) is 78.0 cm³/mol. The Bertz CT molecular complexity index is 461. The second kappa shape index (κ2) is 9.77. The van der Waals surface area contributed by atoms with Gasteiger partial charge in [-0.25, -0.2) is 0 Å². The van der Waals surface area contributed by atoms with Gasteiger partial charge in [-0.05, 0) is 25.5 Å². The van der Waals surface area contributed by atoms with Crippen LogP contribution in [0.5, 0.6) is 11.5 Å². The number of carbonyl (C=O) groups excluding carboxylic acids is 2. The smallest absolute Gasteiger partial charge is 0.257 e. The van der Waals surface area contributed by atoms with Crippen LogP contribution >= 0.6 is 0 Å². The van der Waals surface area contributed by atoms with Crippen molar-refractivity contribution in [1.29, 1.82) is 0 Å². The molecule has 0 aliphatic carbocycles. The van der Waals surface area contributed by atoms with Gasteiger partial charge in [0.2, 0.25) is 0 Å². The van der Waals surface area contributed by atoms with E-state index in [2.05, 4.69) is 5.32 Å². The Morgan fingerprint density at radius 2 is 2.14 bits per heavy atom. The van der Waals surface area contributed by atoms with E-state index in [1.165, 1.54) is 0 Å². The van der Waals surface area contributed by atoms with Crippen molar-refractivity contribution in [3.8, 4) is 11.5 Å². The van der Waals surface area contributed by atoms with Crippen molar-refractivity contribution in [3.63, 3.8) is 0 Å². The average molecular weight is 295 g/mol. The van der Waals surface area contributed by atoms with Crippen molar-refractivity contribution >= 4 is 12.2 Å². The molecule has 0 radical (unpaired) electrons. The van der Waals surface area contributed by atoms with Crippen LogP contribution in [0.1, 0.15) is 23.7 Å². The van der Waals surface area contributed by atoms with E-state index in [9.17, 15) is 9.59 Å². The predicted octanol–water partition coefficient (Wildman–Crippen LogP) is 1.43. The minimum atomic E-state index is -0.255. The average Bonchev–Trinajstić information content (AvgIpc) is 2.50. The van der Waals surface area contributed by atoms with Gasteiger partial charge in [0, 0.05) is 20.3 Å². The summed E-state index contributed by atoms with van der Waals surface area (Å²) in [6.07, 6.45) is 1.41. The second-order valence-electron chi connectivity index (χ2n) is 4.21. The third-order valence-corrected chi connectivity index (χ3v) is 2.63. The summed E-state index contributed by atoms with van der Waals surface area (Å²) >= 11 is 0. The van der Waals surface area contributed by atoms with E-state index >= 15 is 0 Å². The Kier molecular flexibility index (Phi) is 7.89. The van der Waals surface area contributed by atoms with Gasteiger partial charge in [-0.15, -0.1) is 0 Å². The molecule has 0 heterocycles. The van der Waals surface area contributed by atoms with Crippen LogP contribution in [-0.2, 0) is 9.53 Å². The molecular weight excluding hydrogens is 274 g/mol. The lowest BCUT2D eigenvalue weighted by molar-refractivity contribution is -0.123. The molecule has 1 amide bonds. The molecule has 21 heavy (non-hydrogen) atoms. The summed E-state index contributed by atoms with van der Waals surface area (Å²) < 4.78 is 15.7. The van der Waals surface area contributed by atoms with Crippen molar-refractivity contribution in [2.45, 2.75) is 13.3 Å². The van der Waals surface area contributed by atoms with Gasteiger partial charge in [0.05, 0.1) is 12.2 Å². The number of carbonyl (C=O) groups is 2. The summed E-state index contributed by atoms with van der Waals surface area (Å²) in [7, 11) is 1.61. The molecule has 0 saturated heterocycles. The number of hydrogen-bond acceptors (Lipinski definition) is 5. The summed E-state index contributed by atoms with van der Waals surface area (Å²) in [5.74, 6) is 0.491. The molecule has 1 aromatic rings. The first-order valence-electron chi connectivity index (χ1n) is 6.82. The van der Waals surface area contributed by atoms with Gasteiger partial charge in [0.1, 0.15) is 0 Å². The molecule has 0 aromatic heterocycles. The van der Waals surface area contributed by atoms with Crippen molar-refractivity contribution in [1.82, 2.24) is 5.32 Å². The van der Waals surface area contributed by atoms with Crippen LogP contribution in [0.2, 0.25) is 0 Å². The molecule has 0 unspecified atom stereocenters. The number of para-hydroxylation sites is 1. The number of rotatable bonds is 10. The highest BCUT2D eigenvalue weighted by atomic mass is 16.5. The minimum absolute atomic E-state index is 0.169. The van der Waals surface area contributed by atoms with E-state index in [4.69, 9.17) is 14.2 Å². The van der Waals surface area contributed by atoms with Crippen molar-refractivity contribution < 1.29 is 23.8 Å². The largest absolute Gasteiger partial charge is 0.490 e. The summed E-state index contributed by atoms with van der Waals surface area (Å²) in [5, 5.41) is 2.70. The normalized spacial score (nSPS) is 10.0. The highest BCUT2D eigenvalue weighted by molar-refractivity contribution is 5.82. The molecule has 6 nitrogen and oxygen atoms in total. The van der Waals surface area contributed by atoms with Gasteiger partial charge < -0.3 is 19.5 Å². The first-order valence-corrected chi connectivity index (χ1v) is 6.82. The fraction of sp³-hybridized carbons (Fsp3) is 0.467. The van der Waals surface area contributed by atoms with Gasteiger partial charge in [0.15, 0.2) is 24.4 Å². The van der Waals surface area contributed by atoms with Crippen LogP contribution in [0.3, 0.4) is 0 Å².